The highest BCUT2D eigenvalue weighted by atomic mass is 32.2. The van der Waals surface area contributed by atoms with Crippen LogP contribution in [0.4, 0.5) is 5.69 Å². The van der Waals surface area contributed by atoms with Gasteiger partial charge in [0, 0.05) is 17.7 Å². The summed E-state index contributed by atoms with van der Waals surface area (Å²) in [5.41, 5.74) is 3.32. The van der Waals surface area contributed by atoms with Gasteiger partial charge in [0.1, 0.15) is 0 Å². The Morgan fingerprint density at radius 1 is 1.11 bits per heavy atom. The number of amides is 1. The average Bonchev–Trinajstić information content (AvgIpc) is 3.12. The molecule has 11 nitrogen and oxygen atoms in total. The number of nitrogen functional groups attached to an aromatic ring is 1. The maximum absolute atomic E-state index is 11.9. The van der Waals surface area contributed by atoms with Gasteiger partial charge in [-0.1, -0.05) is 0 Å². The van der Waals surface area contributed by atoms with Gasteiger partial charge < -0.3 is 0 Å². The summed E-state index contributed by atoms with van der Waals surface area (Å²) in [4.78, 5) is 22.1. The van der Waals surface area contributed by atoms with Crippen LogP contribution in [0, 0.1) is 10.1 Å². The zero-order valence-electron chi connectivity index (χ0n) is 14.1. The second-order valence-corrected chi connectivity index (χ2v) is 7.20. The van der Waals surface area contributed by atoms with Crippen molar-refractivity contribution in [1.82, 2.24) is 15.2 Å². The van der Waals surface area contributed by atoms with Crippen LogP contribution >= 0.6 is 0 Å². The normalized spacial score (nSPS) is 11.2. The zero-order valence-corrected chi connectivity index (χ0v) is 15.0. The van der Waals surface area contributed by atoms with Crippen molar-refractivity contribution in [3.63, 3.8) is 0 Å². The van der Waals surface area contributed by atoms with E-state index in [0.717, 1.165) is 0 Å². The number of nitrogens with two attached hydrogens (primary N) is 2. The highest BCUT2D eigenvalue weighted by Gasteiger charge is 2.17. The summed E-state index contributed by atoms with van der Waals surface area (Å²) in [7, 11) is -3.86. The van der Waals surface area contributed by atoms with Crippen molar-refractivity contribution in [2.45, 2.75) is 4.90 Å². The Labute approximate surface area is 158 Å². The fourth-order valence-electron chi connectivity index (χ4n) is 2.50. The van der Waals surface area contributed by atoms with Gasteiger partial charge in [-0.15, -0.1) is 0 Å². The van der Waals surface area contributed by atoms with E-state index in [1.54, 1.807) is 0 Å². The first-order chi connectivity index (χ1) is 13.2. The number of benzene rings is 2. The molecule has 0 atom stereocenters. The summed E-state index contributed by atoms with van der Waals surface area (Å²) >= 11 is 0. The molecular formula is C16H14N6O5S. The van der Waals surface area contributed by atoms with Gasteiger partial charge in [0.25, 0.3) is 11.6 Å². The molecule has 0 saturated heterocycles. The quantitative estimate of drug-likeness (QED) is 0.243. The summed E-state index contributed by atoms with van der Waals surface area (Å²) in [6.45, 7) is 0. The zero-order chi connectivity index (χ0) is 20.5. The summed E-state index contributed by atoms with van der Waals surface area (Å²) < 4.78 is 24.2. The number of sulfonamides is 1. The van der Waals surface area contributed by atoms with Crippen LogP contribution in [-0.4, -0.2) is 29.0 Å². The number of rotatable bonds is 5. The molecule has 0 radical (unpaired) electrons. The van der Waals surface area contributed by atoms with E-state index in [0.29, 0.717) is 16.9 Å². The topological polar surface area (TPSA) is 176 Å². The van der Waals surface area contributed by atoms with E-state index >= 15 is 0 Å². The predicted octanol–water partition coefficient (Wildman–Crippen LogP) is 0.698. The number of hydrazine groups is 1. The highest BCUT2D eigenvalue weighted by molar-refractivity contribution is 7.89. The van der Waals surface area contributed by atoms with E-state index in [4.69, 9.17) is 11.0 Å². The summed E-state index contributed by atoms with van der Waals surface area (Å²) in [6.07, 6.45) is 0. The van der Waals surface area contributed by atoms with E-state index in [9.17, 15) is 23.3 Å². The Balaban J connectivity index is 2.13. The first-order valence-corrected chi connectivity index (χ1v) is 9.24. The van der Waals surface area contributed by atoms with Crippen LogP contribution < -0.4 is 16.4 Å². The van der Waals surface area contributed by atoms with Crippen molar-refractivity contribution >= 4 is 21.6 Å². The second-order valence-electron chi connectivity index (χ2n) is 5.64. The Morgan fingerprint density at radius 3 is 2.21 bits per heavy atom. The van der Waals surface area contributed by atoms with Crippen LogP contribution in [0.3, 0.4) is 0 Å². The fourth-order valence-corrected chi connectivity index (χ4v) is 3.01. The molecule has 3 rings (SSSR count). The van der Waals surface area contributed by atoms with Crippen molar-refractivity contribution in [2.75, 3.05) is 0 Å². The van der Waals surface area contributed by atoms with Crippen molar-refractivity contribution in [3.8, 4) is 16.9 Å². The first-order valence-electron chi connectivity index (χ1n) is 7.70. The summed E-state index contributed by atoms with van der Waals surface area (Å²) in [5.74, 6) is 4.52. The van der Waals surface area contributed by atoms with Crippen LogP contribution in [0.15, 0.2) is 59.5 Å². The van der Waals surface area contributed by atoms with Gasteiger partial charge in [0.15, 0.2) is 5.69 Å². The van der Waals surface area contributed by atoms with Crippen molar-refractivity contribution < 1.29 is 18.1 Å². The first kappa shape index (κ1) is 19.2. The minimum absolute atomic E-state index is 0.00590. The molecule has 0 saturated carbocycles. The molecule has 0 aliphatic heterocycles. The number of hydrogen-bond acceptors (Lipinski definition) is 7. The minimum Gasteiger partial charge on any atom is -0.289 e. The molecule has 144 valence electrons. The van der Waals surface area contributed by atoms with Crippen LogP contribution in [0.1, 0.15) is 10.5 Å². The summed E-state index contributed by atoms with van der Waals surface area (Å²) in [6, 6.07) is 12.6. The number of nitrogens with one attached hydrogen (secondary N) is 1. The van der Waals surface area contributed by atoms with E-state index in [1.807, 2.05) is 5.43 Å². The van der Waals surface area contributed by atoms with Crippen molar-refractivity contribution in [2.24, 2.45) is 11.0 Å². The molecule has 5 N–H and O–H groups in total. The van der Waals surface area contributed by atoms with Gasteiger partial charge in [-0.05, 0) is 42.5 Å². The van der Waals surface area contributed by atoms with Crippen LogP contribution in [-0.2, 0) is 10.0 Å². The van der Waals surface area contributed by atoms with Gasteiger partial charge >= 0.3 is 0 Å². The molecule has 0 spiro atoms. The van der Waals surface area contributed by atoms with Crippen molar-refractivity contribution in [3.05, 3.63) is 70.4 Å². The average molecular weight is 402 g/mol. The molecule has 0 aliphatic carbocycles. The van der Waals surface area contributed by atoms with Gasteiger partial charge in [-0.2, -0.15) is 5.10 Å². The monoisotopic (exact) mass is 402 g/mol. The molecule has 0 bridgehead atoms. The van der Waals surface area contributed by atoms with Crippen molar-refractivity contribution in [1.29, 1.82) is 0 Å². The minimum atomic E-state index is -3.86. The van der Waals surface area contributed by atoms with E-state index in [2.05, 4.69) is 5.10 Å². The molecule has 0 fully saturated rings. The number of nitrogens with zero attached hydrogens (tertiary/aromatic N) is 3. The Hall–Kier alpha value is -3.61. The number of nitro groups is 1. The van der Waals surface area contributed by atoms with E-state index < -0.39 is 20.9 Å². The lowest BCUT2D eigenvalue weighted by molar-refractivity contribution is -0.384. The molecular weight excluding hydrogens is 388 g/mol. The van der Waals surface area contributed by atoms with Crippen LogP contribution in [0.2, 0.25) is 0 Å². The van der Waals surface area contributed by atoms with Gasteiger partial charge in [-0.3, -0.25) is 20.3 Å². The number of non-ortho nitro benzene ring substituents is 1. The number of carbonyl (C=O) groups excluding carboxylic acids is 1. The maximum Gasteiger partial charge on any atom is 0.285 e. The lowest BCUT2D eigenvalue weighted by Crippen LogP contribution is -2.30. The predicted molar refractivity (Wildman–Crippen MR) is 98.7 cm³/mol. The maximum atomic E-state index is 11.9. The van der Waals surface area contributed by atoms with E-state index in [-0.39, 0.29) is 16.3 Å². The van der Waals surface area contributed by atoms with Gasteiger partial charge in [0.2, 0.25) is 10.0 Å². The Bertz CT molecular complexity index is 1150. The molecule has 12 heteroatoms. The second kappa shape index (κ2) is 7.19. The van der Waals surface area contributed by atoms with E-state index in [1.165, 1.54) is 59.3 Å². The SMILES string of the molecule is NNC(=O)c1cc(-c2ccc([N+](=O)[O-])cc2)n(-c2ccc(S(N)(=O)=O)cc2)n1. The molecule has 1 amide bonds. The molecule has 1 aromatic heterocycles. The Kier molecular flexibility index (Phi) is 4.92. The Morgan fingerprint density at radius 2 is 1.71 bits per heavy atom. The fraction of sp³-hybridized carbons (Fsp3) is 0. The molecule has 3 aromatic rings. The molecule has 0 unspecified atom stereocenters. The number of carbonyl (C=O) groups is 1. The number of nitro benzene ring substituents is 1. The van der Waals surface area contributed by atoms with Crippen LogP contribution in [0.25, 0.3) is 16.9 Å². The molecule has 28 heavy (non-hydrogen) atoms. The molecule has 2 aromatic carbocycles. The van der Waals surface area contributed by atoms with Gasteiger partial charge in [0.05, 0.1) is 21.2 Å². The standard InChI is InChI=1S/C16H14N6O5S/c17-19-16(23)14-9-15(10-1-3-12(4-2-10)22(24)25)21(20-14)11-5-7-13(8-6-11)28(18,26)27/h1-9H,17H2,(H,19,23)(H2,18,26,27). The van der Waals surface area contributed by atoms with Crippen LogP contribution in [0.5, 0.6) is 0 Å². The lowest BCUT2D eigenvalue weighted by Gasteiger charge is -2.08. The third kappa shape index (κ3) is 3.73. The lowest BCUT2D eigenvalue weighted by atomic mass is 10.1. The largest absolute Gasteiger partial charge is 0.289 e. The summed E-state index contributed by atoms with van der Waals surface area (Å²) in [5, 5.41) is 20.1. The van der Waals surface area contributed by atoms with Gasteiger partial charge in [-0.25, -0.2) is 24.1 Å². The third-order valence-corrected chi connectivity index (χ3v) is 4.79. The number of hydrogen-bond donors (Lipinski definition) is 3. The molecule has 1 heterocycles. The number of aromatic nitrogens is 2. The smallest absolute Gasteiger partial charge is 0.285 e. The molecule has 0 aliphatic rings. The third-order valence-electron chi connectivity index (χ3n) is 3.86. The highest BCUT2D eigenvalue weighted by Crippen LogP contribution is 2.26. The number of primary sulfonamides is 1.